The highest BCUT2D eigenvalue weighted by molar-refractivity contribution is 7.91. The van der Waals surface area contributed by atoms with E-state index in [0.717, 1.165) is 12.8 Å². The quantitative estimate of drug-likeness (QED) is 0.789. The zero-order valence-corrected chi connectivity index (χ0v) is 11.4. The Labute approximate surface area is 107 Å². The molecule has 0 saturated carbocycles. The number of aliphatic carboxylic acids is 1. The molecule has 2 rings (SSSR count). The van der Waals surface area contributed by atoms with Crippen LogP contribution in [0.2, 0.25) is 0 Å². The van der Waals surface area contributed by atoms with E-state index in [1.165, 1.54) is 0 Å². The van der Waals surface area contributed by atoms with Crippen molar-refractivity contribution >= 4 is 15.8 Å². The van der Waals surface area contributed by atoms with E-state index in [1.54, 1.807) is 6.92 Å². The fourth-order valence-corrected chi connectivity index (χ4v) is 4.02. The van der Waals surface area contributed by atoms with Gasteiger partial charge in [-0.3, -0.25) is 4.79 Å². The summed E-state index contributed by atoms with van der Waals surface area (Å²) < 4.78 is 28.5. The van der Waals surface area contributed by atoms with Crippen molar-refractivity contribution in [2.75, 3.05) is 11.5 Å². The lowest BCUT2D eigenvalue weighted by Gasteiger charge is -2.30. The highest BCUT2D eigenvalue weighted by atomic mass is 32.2. The molecule has 0 aromatic heterocycles. The molecule has 5 nitrogen and oxygen atoms in total. The average molecular weight is 276 g/mol. The summed E-state index contributed by atoms with van der Waals surface area (Å²) in [7, 11) is -3.01. The molecule has 0 aliphatic carbocycles. The van der Waals surface area contributed by atoms with E-state index in [-0.39, 0.29) is 23.7 Å². The van der Waals surface area contributed by atoms with Crippen LogP contribution in [-0.4, -0.2) is 43.2 Å². The lowest BCUT2D eigenvalue weighted by atomic mass is 9.71. The molecule has 2 saturated heterocycles. The van der Waals surface area contributed by atoms with Crippen LogP contribution in [0, 0.1) is 5.41 Å². The van der Waals surface area contributed by atoms with Crippen molar-refractivity contribution in [1.29, 1.82) is 0 Å². The highest BCUT2D eigenvalue weighted by Gasteiger charge is 2.56. The van der Waals surface area contributed by atoms with Crippen LogP contribution in [0.15, 0.2) is 0 Å². The molecule has 6 heteroatoms. The minimum absolute atomic E-state index is 0.0638. The number of carbonyl (C=O) groups is 1. The number of hydrogen-bond donors (Lipinski definition) is 1. The molecule has 0 radical (unpaired) electrons. The third-order valence-corrected chi connectivity index (χ3v) is 6.05. The van der Waals surface area contributed by atoms with Crippen molar-refractivity contribution in [2.24, 2.45) is 5.41 Å². The highest BCUT2D eigenvalue weighted by Crippen LogP contribution is 2.50. The molecule has 2 heterocycles. The first kappa shape index (κ1) is 13.8. The van der Waals surface area contributed by atoms with Crippen molar-refractivity contribution in [2.45, 2.75) is 51.2 Å². The predicted octanol–water partition coefficient (Wildman–Crippen LogP) is 1.22. The topological polar surface area (TPSA) is 80.7 Å². The number of ether oxygens (including phenoxy) is 1. The Morgan fingerprint density at radius 2 is 2.17 bits per heavy atom. The van der Waals surface area contributed by atoms with E-state index < -0.39 is 21.2 Å². The fourth-order valence-electron chi connectivity index (χ4n) is 3.15. The van der Waals surface area contributed by atoms with E-state index in [4.69, 9.17) is 4.74 Å². The van der Waals surface area contributed by atoms with E-state index in [1.807, 2.05) is 0 Å². The van der Waals surface area contributed by atoms with Gasteiger partial charge >= 0.3 is 5.97 Å². The summed E-state index contributed by atoms with van der Waals surface area (Å²) in [6.07, 6.45) is 2.93. The Kier molecular flexibility index (Phi) is 3.69. The monoisotopic (exact) mass is 276 g/mol. The summed E-state index contributed by atoms with van der Waals surface area (Å²) >= 11 is 0. The van der Waals surface area contributed by atoms with Crippen molar-refractivity contribution in [3.8, 4) is 0 Å². The zero-order valence-electron chi connectivity index (χ0n) is 10.6. The van der Waals surface area contributed by atoms with Gasteiger partial charge in [0.1, 0.15) is 9.84 Å². The molecule has 2 fully saturated rings. The van der Waals surface area contributed by atoms with Gasteiger partial charge in [0.2, 0.25) is 0 Å². The Balaban J connectivity index is 1.99. The Hall–Kier alpha value is -0.620. The van der Waals surface area contributed by atoms with Gasteiger partial charge in [0.25, 0.3) is 0 Å². The van der Waals surface area contributed by atoms with Crippen LogP contribution >= 0.6 is 0 Å². The van der Waals surface area contributed by atoms with Crippen molar-refractivity contribution in [3.63, 3.8) is 0 Å². The Bertz CT molecular complexity index is 430. The van der Waals surface area contributed by atoms with Crippen molar-refractivity contribution in [1.82, 2.24) is 0 Å². The molecule has 0 spiro atoms. The van der Waals surface area contributed by atoms with Gasteiger partial charge in [-0.25, -0.2) is 8.42 Å². The van der Waals surface area contributed by atoms with Gasteiger partial charge in [-0.2, -0.15) is 0 Å². The Morgan fingerprint density at radius 1 is 1.44 bits per heavy atom. The first-order valence-corrected chi connectivity index (χ1v) is 8.31. The number of hydrogen-bond acceptors (Lipinski definition) is 4. The maximum atomic E-state index is 11.5. The number of carboxylic acid groups (broad SMARTS) is 1. The molecule has 0 aromatic carbocycles. The second-order valence-corrected chi connectivity index (χ2v) is 7.80. The summed E-state index contributed by atoms with van der Waals surface area (Å²) in [5.41, 5.74) is -0.841. The molecular weight excluding hydrogens is 256 g/mol. The van der Waals surface area contributed by atoms with Crippen LogP contribution in [0.4, 0.5) is 0 Å². The molecule has 0 amide bonds. The van der Waals surface area contributed by atoms with Crippen LogP contribution in [0.25, 0.3) is 0 Å². The predicted molar refractivity (Wildman–Crippen MR) is 66.1 cm³/mol. The third-order valence-electron chi connectivity index (χ3n) is 4.26. The SMILES string of the molecule is CCS(=O)(=O)CCCC1(C(=O)O)CC2CCC1O2. The summed E-state index contributed by atoms with van der Waals surface area (Å²) in [5.74, 6) is -0.630. The van der Waals surface area contributed by atoms with Gasteiger partial charge < -0.3 is 9.84 Å². The first-order chi connectivity index (χ1) is 8.39. The molecule has 3 atom stereocenters. The molecule has 2 bridgehead atoms. The summed E-state index contributed by atoms with van der Waals surface area (Å²) in [5, 5.41) is 9.44. The van der Waals surface area contributed by atoms with E-state index in [0.29, 0.717) is 19.3 Å². The van der Waals surface area contributed by atoms with Crippen LogP contribution < -0.4 is 0 Å². The van der Waals surface area contributed by atoms with Crippen molar-refractivity contribution < 1.29 is 23.1 Å². The summed E-state index contributed by atoms with van der Waals surface area (Å²) in [6, 6.07) is 0. The second-order valence-electron chi connectivity index (χ2n) is 5.33. The van der Waals surface area contributed by atoms with Gasteiger partial charge in [-0.15, -0.1) is 0 Å². The molecule has 1 N–H and O–H groups in total. The zero-order chi connectivity index (χ0) is 13.4. The van der Waals surface area contributed by atoms with Gasteiger partial charge in [-0.1, -0.05) is 6.92 Å². The van der Waals surface area contributed by atoms with Gasteiger partial charge in [0.15, 0.2) is 0 Å². The van der Waals surface area contributed by atoms with Gasteiger partial charge in [0.05, 0.1) is 23.4 Å². The first-order valence-electron chi connectivity index (χ1n) is 6.49. The minimum Gasteiger partial charge on any atom is -0.481 e. The smallest absolute Gasteiger partial charge is 0.312 e. The number of sulfone groups is 1. The van der Waals surface area contributed by atoms with Crippen LogP contribution in [0.1, 0.15) is 39.0 Å². The van der Waals surface area contributed by atoms with E-state index in [9.17, 15) is 18.3 Å². The largest absolute Gasteiger partial charge is 0.481 e. The maximum Gasteiger partial charge on any atom is 0.312 e. The maximum absolute atomic E-state index is 11.5. The number of rotatable bonds is 6. The molecule has 18 heavy (non-hydrogen) atoms. The molecule has 2 aliphatic rings. The number of fused-ring (bicyclic) bond motifs is 2. The fraction of sp³-hybridized carbons (Fsp3) is 0.917. The molecule has 104 valence electrons. The van der Waals surface area contributed by atoms with Gasteiger partial charge in [0, 0.05) is 5.75 Å². The van der Waals surface area contributed by atoms with Crippen molar-refractivity contribution in [3.05, 3.63) is 0 Å². The van der Waals surface area contributed by atoms with E-state index in [2.05, 4.69) is 0 Å². The molecule has 2 aliphatic heterocycles. The second kappa shape index (κ2) is 4.81. The lowest BCUT2D eigenvalue weighted by Crippen LogP contribution is -2.40. The summed E-state index contributed by atoms with van der Waals surface area (Å²) in [4.78, 5) is 11.5. The molecular formula is C12H20O5S. The standard InChI is InChI=1S/C12H20O5S/c1-2-18(15,16)7-3-6-12(11(13)14)8-9-4-5-10(12)17-9/h9-10H,2-8H2,1H3,(H,13,14). The average Bonchev–Trinajstić information content (AvgIpc) is 2.89. The van der Waals surface area contributed by atoms with E-state index >= 15 is 0 Å². The van der Waals surface area contributed by atoms with Crippen LogP contribution in [-0.2, 0) is 19.4 Å². The summed E-state index contributed by atoms with van der Waals surface area (Å²) in [6.45, 7) is 1.61. The van der Waals surface area contributed by atoms with Crippen LogP contribution in [0.3, 0.4) is 0 Å². The molecule has 3 unspecified atom stereocenters. The third kappa shape index (κ3) is 2.40. The molecule has 0 aromatic rings. The van der Waals surface area contributed by atoms with Gasteiger partial charge in [-0.05, 0) is 32.1 Å². The Morgan fingerprint density at radius 3 is 2.61 bits per heavy atom. The minimum atomic E-state index is -3.01. The van der Waals surface area contributed by atoms with Crippen LogP contribution in [0.5, 0.6) is 0 Å². The number of carboxylic acids is 1. The normalized spacial score (nSPS) is 34.9. The lowest BCUT2D eigenvalue weighted by molar-refractivity contribution is -0.152.